The average molecular weight is 254 g/mol. The fourth-order valence-electron chi connectivity index (χ4n) is 1.68. The van der Waals surface area contributed by atoms with Gasteiger partial charge in [-0.2, -0.15) is 0 Å². The first-order chi connectivity index (χ1) is 8.35. The molecule has 0 bridgehead atoms. The number of ether oxygens (including phenoxy) is 1. The van der Waals surface area contributed by atoms with Crippen molar-refractivity contribution in [3.63, 3.8) is 0 Å². The molecule has 0 amide bonds. The van der Waals surface area contributed by atoms with Gasteiger partial charge in [0.2, 0.25) is 0 Å². The highest BCUT2D eigenvalue weighted by atomic mass is 16.5. The number of nitrogens with zero attached hydrogens (tertiary/aromatic N) is 3. The first-order valence-electron chi connectivity index (χ1n) is 5.95. The van der Waals surface area contributed by atoms with Crippen LogP contribution in [-0.2, 0) is 11.3 Å². The summed E-state index contributed by atoms with van der Waals surface area (Å²) in [6, 6.07) is 1.70. The fourth-order valence-corrected chi connectivity index (χ4v) is 1.68. The van der Waals surface area contributed by atoms with Gasteiger partial charge in [0.25, 0.3) is 0 Å². The van der Waals surface area contributed by atoms with E-state index in [1.54, 1.807) is 27.0 Å². The van der Waals surface area contributed by atoms with E-state index in [1.807, 2.05) is 11.8 Å². The number of aromatic nitrogens is 2. The Bertz CT molecular complexity index is 390. The smallest absolute Gasteiger partial charge is 0.158 e. The Morgan fingerprint density at radius 3 is 2.61 bits per heavy atom. The van der Waals surface area contributed by atoms with Crippen molar-refractivity contribution in [3.05, 3.63) is 11.9 Å². The molecule has 0 aliphatic carbocycles. The maximum atomic E-state index is 9.88. The molecule has 6 nitrogen and oxygen atoms in total. The van der Waals surface area contributed by atoms with Crippen molar-refractivity contribution in [2.75, 3.05) is 30.8 Å². The van der Waals surface area contributed by atoms with Crippen LogP contribution >= 0.6 is 0 Å². The summed E-state index contributed by atoms with van der Waals surface area (Å²) in [7, 11) is 1.58. The minimum Gasteiger partial charge on any atom is -0.389 e. The van der Waals surface area contributed by atoms with E-state index in [1.165, 1.54) is 0 Å². The molecule has 0 saturated carbocycles. The molecular weight excluding hydrogens is 232 g/mol. The minimum atomic E-state index is -0.795. The monoisotopic (exact) mass is 254 g/mol. The highest BCUT2D eigenvalue weighted by Crippen LogP contribution is 2.17. The van der Waals surface area contributed by atoms with Gasteiger partial charge in [-0.15, -0.1) is 0 Å². The molecule has 1 aromatic rings. The highest BCUT2D eigenvalue weighted by molar-refractivity contribution is 5.47. The number of hydrogen-bond acceptors (Lipinski definition) is 6. The zero-order valence-corrected chi connectivity index (χ0v) is 11.5. The van der Waals surface area contributed by atoms with Crippen molar-refractivity contribution >= 4 is 11.6 Å². The lowest BCUT2D eigenvalue weighted by Crippen LogP contribution is -2.39. The number of aliphatic hydroxyl groups is 1. The third kappa shape index (κ3) is 4.46. The number of hydrogen-bond donors (Lipinski definition) is 2. The predicted octanol–water partition coefficient (Wildman–Crippen LogP) is 0.802. The Morgan fingerprint density at radius 1 is 1.44 bits per heavy atom. The van der Waals surface area contributed by atoms with E-state index in [0.29, 0.717) is 30.6 Å². The van der Waals surface area contributed by atoms with E-state index >= 15 is 0 Å². The SMILES string of the molecule is CCN(CC(C)(C)O)c1cc(N)nc(COC)n1. The molecule has 102 valence electrons. The molecule has 3 N–H and O–H groups in total. The Kier molecular flexibility index (Phi) is 4.86. The summed E-state index contributed by atoms with van der Waals surface area (Å²) < 4.78 is 5.00. The third-order valence-electron chi connectivity index (χ3n) is 2.34. The van der Waals surface area contributed by atoms with E-state index < -0.39 is 5.60 Å². The summed E-state index contributed by atoms with van der Waals surface area (Å²) in [6.07, 6.45) is 0. The molecule has 1 rings (SSSR count). The van der Waals surface area contributed by atoms with Gasteiger partial charge in [-0.25, -0.2) is 9.97 Å². The van der Waals surface area contributed by atoms with Gasteiger partial charge in [-0.3, -0.25) is 0 Å². The standard InChI is InChI=1S/C12H22N4O2/c1-5-16(8-12(2,3)17)11-6-9(13)14-10(15-11)7-18-4/h6,17H,5,7-8H2,1-4H3,(H2,13,14,15). The molecule has 6 heteroatoms. The Balaban J connectivity index is 2.98. The van der Waals surface area contributed by atoms with Crippen LogP contribution in [0.2, 0.25) is 0 Å². The summed E-state index contributed by atoms with van der Waals surface area (Å²) in [4.78, 5) is 10.4. The first kappa shape index (κ1) is 14.7. The Hall–Kier alpha value is -1.40. The van der Waals surface area contributed by atoms with E-state index in [2.05, 4.69) is 9.97 Å². The van der Waals surface area contributed by atoms with Crippen molar-refractivity contribution in [1.82, 2.24) is 9.97 Å². The van der Waals surface area contributed by atoms with Crippen LogP contribution in [0.15, 0.2) is 6.07 Å². The largest absolute Gasteiger partial charge is 0.389 e. The molecule has 0 aliphatic heterocycles. The van der Waals surface area contributed by atoms with Crippen LogP contribution in [0, 0.1) is 0 Å². The van der Waals surface area contributed by atoms with E-state index in [0.717, 1.165) is 6.54 Å². The second-order valence-corrected chi connectivity index (χ2v) is 4.83. The van der Waals surface area contributed by atoms with Crippen molar-refractivity contribution < 1.29 is 9.84 Å². The number of methoxy groups -OCH3 is 1. The van der Waals surface area contributed by atoms with Gasteiger partial charge in [0.15, 0.2) is 5.82 Å². The molecule has 0 fully saturated rings. The van der Waals surface area contributed by atoms with Gasteiger partial charge in [0.05, 0.1) is 5.60 Å². The first-order valence-corrected chi connectivity index (χ1v) is 5.95. The second-order valence-electron chi connectivity index (χ2n) is 4.83. The van der Waals surface area contributed by atoms with Crippen LogP contribution in [0.1, 0.15) is 26.6 Å². The van der Waals surface area contributed by atoms with Crippen molar-refractivity contribution in [2.24, 2.45) is 0 Å². The van der Waals surface area contributed by atoms with Crippen molar-refractivity contribution in [2.45, 2.75) is 33.0 Å². The molecule has 0 saturated heterocycles. The lowest BCUT2D eigenvalue weighted by atomic mass is 10.1. The van der Waals surface area contributed by atoms with Gasteiger partial charge in [0, 0.05) is 26.3 Å². The quantitative estimate of drug-likeness (QED) is 0.781. The normalized spacial score (nSPS) is 11.6. The number of nitrogen functional groups attached to an aromatic ring is 1. The molecule has 0 atom stereocenters. The average Bonchev–Trinajstić information content (AvgIpc) is 2.24. The van der Waals surface area contributed by atoms with Gasteiger partial charge in [0.1, 0.15) is 18.2 Å². The lowest BCUT2D eigenvalue weighted by Gasteiger charge is -2.29. The van der Waals surface area contributed by atoms with Gasteiger partial charge in [-0.1, -0.05) is 0 Å². The topological polar surface area (TPSA) is 84.5 Å². The zero-order valence-electron chi connectivity index (χ0n) is 11.5. The zero-order chi connectivity index (χ0) is 13.8. The van der Waals surface area contributed by atoms with Crippen LogP contribution in [0.4, 0.5) is 11.6 Å². The molecule has 0 spiro atoms. The lowest BCUT2D eigenvalue weighted by molar-refractivity contribution is 0.0873. The summed E-state index contributed by atoms with van der Waals surface area (Å²) in [5.41, 5.74) is 4.96. The van der Waals surface area contributed by atoms with Crippen molar-refractivity contribution in [1.29, 1.82) is 0 Å². The van der Waals surface area contributed by atoms with E-state index in [-0.39, 0.29) is 0 Å². The molecular formula is C12H22N4O2. The molecule has 0 radical (unpaired) electrons. The maximum Gasteiger partial charge on any atom is 0.158 e. The molecule has 1 aromatic heterocycles. The van der Waals surface area contributed by atoms with Crippen LogP contribution in [-0.4, -0.2) is 40.9 Å². The molecule has 0 unspecified atom stereocenters. The number of anilines is 2. The second kappa shape index (κ2) is 5.97. The van der Waals surface area contributed by atoms with Crippen LogP contribution in [0.5, 0.6) is 0 Å². The Morgan fingerprint density at radius 2 is 2.11 bits per heavy atom. The van der Waals surface area contributed by atoms with E-state index in [9.17, 15) is 5.11 Å². The summed E-state index contributed by atoms with van der Waals surface area (Å²) in [5, 5.41) is 9.88. The van der Waals surface area contributed by atoms with Crippen LogP contribution in [0.25, 0.3) is 0 Å². The molecule has 0 aliphatic rings. The Labute approximate surface area is 108 Å². The molecule has 1 heterocycles. The van der Waals surface area contributed by atoms with Gasteiger partial charge >= 0.3 is 0 Å². The van der Waals surface area contributed by atoms with E-state index in [4.69, 9.17) is 10.5 Å². The minimum absolute atomic E-state index is 0.318. The third-order valence-corrected chi connectivity index (χ3v) is 2.34. The highest BCUT2D eigenvalue weighted by Gasteiger charge is 2.19. The van der Waals surface area contributed by atoms with Crippen LogP contribution < -0.4 is 10.6 Å². The molecule has 18 heavy (non-hydrogen) atoms. The summed E-state index contributed by atoms with van der Waals surface area (Å²) >= 11 is 0. The maximum absolute atomic E-state index is 9.88. The fraction of sp³-hybridized carbons (Fsp3) is 0.667. The van der Waals surface area contributed by atoms with Crippen LogP contribution in [0.3, 0.4) is 0 Å². The summed E-state index contributed by atoms with van der Waals surface area (Å²) in [5.74, 6) is 1.65. The van der Waals surface area contributed by atoms with Gasteiger partial charge < -0.3 is 20.5 Å². The van der Waals surface area contributed by atoms with Gasteiger partial charge in [-0.05, 0) is 20.8 Å². The number of rotatable bonds is 6. The number of nitrogens with two attached hydrogens (primary N) is 1. The predicted molar refractivity (Wildman–Crippen MR) is 71.3 cm³/mol. The summed E-state index contributed by atoms with van der Waals surface area (Å²) in [6.45, 7) is 7.05. The molecule has 0 aromatic carbocycles. The number of likely N-dealkylation sites (N-methyl/N-ethyl adjacent to an activating group) is 1. The van der Waals surface area contributed by atoms with Crippen molar-refractivity contribution in [3.8, 4) is 0 Å².